The third-order valence-corrected chi connectivity index (χ3v) is 3.78. The summed E-state index contributed by atoms with van der Waals surface area (Å²) in [7, 11) is 0. The van der Waals surface area contributed by atoms with Crippen LogP contribution in [0, 0.1) is 5.82 Å². The average molecular weight is 400 g/mol. The van der Waals surface area contributed by atoms with Gasteiger partial charge in [0.05, 0.1) is 10.7 Å². The first kappa shape index (κ1) is 20.0. The number of nitrogens with one attached hydrogen (secondary N) is 1. The van der Waals surface area contributed by atoms with Crippen molar-refractivity contribution in [3.8, 4) is 5.75 Å². The number of esters is 1. The largest absolute Gasteiger partial charge is 0.476 e. The third kappa shape index (κ3) is 5.61. The maximum Gasteiger partial charge on any atom is 0.350 e. The summed E-state index contributed by atoms with van der Waals surface area (Å²) in [6.45, 7) is 2.42. The molecule has 0 aromatic heterocycles. The van der Waals surface area contributed by atoms with Gasteiger partial charge < -0.3 is 14.8 Å². The molecule has 0 atom stereocenters. The standard InChI is InChI=1S/C18H16Cl2FNO4/c1-18(2,26-13-6-4-12(21)5-7-13)17(24)25-10-16(23)22-15-9-11(19)3-8-14(15)20/h3-9H,10H2,1-2H3,(H,22,23). The Morgan fingerprint density at radius 2 is 1.77 bits per heavy atom. The lowest BCUT2D eigenvalue weighted by atomic mass is 10.1. The molecule has 8 heteroatoms. The van der Waals surface area contributed by atoms with E-state index in [1.54, 1.807) is 6.07 Å². The van der Waals surface area contributed by atoms with Crippen molar-refractivity contribution in [1.29, 1.82) is 0 Å². The van der Waals surface area contributed by atoms with E-state index in [1.165, 1.54) is 50.2 Å². The molecule has 0 aliphatic heterocycles. The maximum atomic E-state index is 12.9. The van der Waals surface area contributed by atoms with Gasteiger partial charge in [-0.25, -0.2) is 9.18 Å². The van der Waals surface area contributed by atoms with Gasteiger partial charge in [0, 0.05) is 5.02 Å². The minimum Gasteiger partial charge on any atom is -0.476 e. The van der Waals surface area contributed by atoms with Crippen LogP contribution in [-0.4, -0.2) is 24.1 Å². The molecule has 1 amide bonds. The van der Waals surface area contributed by atoms with Crippen molar-refractivity contribution in [3.63, 3.8) is 0 Å². The first-order valence-corrected chi connectivity index (χ1v) is 8.30. The van der Waals surface area contributed by atoms with E-state index in [2.05, 4.69) is 5.32 Å². The lowest BCUT2D eigenvalue weighted by molar-refractivity contribution is -0.161. The summed E-state index contributed by atoms with van der Waals surface area (Å²) in [6.07, 6.45) is 0. The van der Waals surface area contributed by atoms with Gasteiger partial charge in [0.25, 0.3) is 5.91 Å². The molecule has 1 N–H and O–H groups in total. The molecular formula is C18H16Cl2FNO4. The molecule has 138 valence electrons. The number of amides is 1. The van der Waals surface area contributed by atoms with Gasteiger partial charge in [0.15, 0.2) is 12.2 Å². The molecule has 5 nitrogen and oxygen atoms in total. The molecule has 0 saturated heterocycles. The molecule has 0 unspecified atom stereocenters. The summed E-state index contributed by atoms with van der Waals surface area (Å²) in [5.74, 6) is -1.47. The Morgan fingerprint density at radius 3 is 2.42 bits per heavy atom. The number of ether oxygens (including phenoxy) is 2. The van der Waals surface area contributed by atoms with E-state index in [0.717, 1.165) is 0 Å². The van der Waals surface area contributed by atoms with Gasteiger partial charge >= 0.3 is 5.97 Å². The minimum atomic E-state index is -1.37. The Morgan fingerprint density at radius 1 is 1.12 bits per heavy atom. The van der Waals surface area contributed by atoms with Crippen molar-refractivity contribution in [2.24, 2.45) is 0 Å². The van der Waals surface area contributed by atoms with Crippen molar-refractivity contribution >= 4 is 40.8 Å². The number of halogens is 3. The Bertz CT molecular complexity index is 809. The second-order valence-corrected chi connectivity index (χ2v) is 6.66. The van der Waals surface area contributed by atoms with Gasteiger partial charge in [0.2, 0.25) is 0 Å². The summed E-state index contributed by atoms with van der Waals surface area (Å²) < 4.78 is 23.4. The molecule has 26 heavy (non-hydrogen) atoms. The van der Waals surface area contributed by atoms with E-state index in [4.69, 9.17) is 32.7 Å². The highest BCUT2D eigenvalue weighted by atomic mass is 35.5. The third-order valence-electron chi connectivity index (χ3n) is 3.22. The second-order valence-electron chi connectivity index (χ2n) is 5.81. The molecule has 0 fully saturated rings. The van der Waals surface area contributed by atoms with Gasteiger partial charge in [-0.05, 0) is 56.3 Å². The summed E-state index contributed by atoms with van der Waals surface area (Å²) in [5, 5.41) is 3.20. The molecule has 0 radical (unpaired) electrons. The molecule has 0 saturated carbocycles. The van der Waals surface area contributed by atoms with Crippen LogP contribution < -0.4 is 10.1 Å². The molecule has 0 aliphatic carbocycles. The molecule has 2 rings (SSSR count). The van der Waals surface area contributed by atoms with E-state index in [0.29, 0.717) is 21.5 Å². The van der Waals surface area contributed by atoms with Gasteiger partial charge in [-0.15, -0.1) is 0 Å². The van der Waals surface area contributed by atoms with Gasteiger partial charge in [0.1, 0.15) is 11.6 Å². The first-order chi connectivity index (χ1) is 12.2. The lowest BCUT2D eigenvalue weighted by Crippen LogP contribution is -2.41. The van der Waals surface area contributed by atoms with E-state index >= 15 is 0 Å². The van der Waals surface area contributed by atoms with Crippen LogP contribution in [0.1, 0.15) is 13.8 Å². The minimum absolute atomic E-state index is 0.295. The van der Waals surface area contributed by atoms with Gasteiger partial charge in [-0.1, -0.05) is 23.2 Å². The van der Waals surface area contributed by atoms with Crippen molar-refractivity contribution in [1.82, 2.24) is 0 Å². The lowest BCUT2D eigenvalue weighted by Gasteiger charge is -2.24. The topological polar surface area (TPSA) is 64.6 Å². The fourth-order valence-electron chi connectivity index (χ4n) is 1.92. The fraction of sp³-hybridized carbons (Fsp3) is 0.222. The maximum absolute atomic E-state index is 12.9. The molecule has 2 aromatic carbocycles. The Hall–Kier alpha value is -2.31. The van der Waals surface area contributed by atoms with Crippen molar-refractivity contribution in [2.75, 3.05) is 11.9 Å². The van der Waals surface area contributed by atoms with Crippen LogP contribution in [0.5, 0.6) is 5.75 Å². The SMILES string of the molecule is CC(C)(Oc1ccc(F)cc1)C(=O)OCC(=O)Nc1cc(Cl)ccc1Cl. The number of hydrogen-bond donors (Lipinski definition) is 1. The number of hydrogen-bond acceptors (Lipinski definition) is 4. The summed E-state index contributed by atoms with van der Waals surface area (Å²) in [6, 6.07) is 9.78. The zero-order chi connectivity index (χ0) is 19.3. The van der Waals surface area contributed by atoms with E-state index in [1.807, 2.05) is 0 Å². The average Bonchev–Trinajstić information content (AvgIpc) is 2.58. The van der Waals surface area contributed by atoms with E-state index in [9.17, 15) is 14.0 Å². The van der Waals surface area contributed by atoms with Crippen molar-refractivity contribution in [2.45, 2.75) is 19.4 Å². The quantitative estimate of drug-likeness (QED) is 0.727. The summed E-state index contributed by atoms with van der Waals surface area (Å²) >= 11 is 11.8. The van der Waals surface area contributed by atoms with Crippen LogP contribution in [-0.2, 0) is 14.3 Å². The van der Waals surface area contributed by atoms with Gasteiger partial charge in [-0.2, -0.15) is 0 Å². The molecular weight excluding hydrogens is 384 g/mol. The smallest absolute Gasteiger partial charge is 0.350 e. The highest BCUT2D eigenvalue weighted by Crippen LogP contribution is 2.25. The fourth-order valence-corrected chi connectivity index (χ4v) is 2.26. The van der Waals surface area contributed by atoms with E-state index < -0.39 is 29.9 Å². The summed E-state index contributed by atoms with van der Waals surface area (Å²) in [5.41, 5.74) is -1.06. The van der Waals surface area contributed by atoms with Crippen LogP contribution in [0.3, 0.4) is 0 Å². The highest BCUT2D eigenvalue weighted by Gasteiger charge is 2.32. The molecule has 0 aliphatic rings. The van der Waals surface area contributed by atoms with Crippen molar-refractivity contribution in [3.05, 3.63) is 58.3 Å². The number of rotatable bonds is 6. The monoisotopic (exact) mass is 399 g/mol. The predicted octanol–water partition coefficient (Wildman–Crippen LogP) is 4.47. The Kier molecular flexibility index (Phi) is 6.45. The first-order valence-electron chi connectivity index (χ1n) is 7.54. The van der Waals surface area contributed by atoms with E-state index in [-0.39, 0.29) is 0 Å². The summed E-state index contributed by atoms with van der Waals surface area (Å²) in [4.78, 5) is 24.1. The van der Waals surface area contributed by atoms with Crippen LogP contribution in [0.25, 0.3) is 0 Å². The normalized spacial score (nSPS) is 11.0. The zero-order valence-electron chi connectivity index (χ0n) is 14.0. The molecule has 2 aromatic rings. The second kappa shape index (κ2) is 8.38. The van der Waals surface area contributed by atoms with Crippen molar-refractivity contribution < 1.29 is 23.5 Å². The highest BCUT2D eigenvalue weighted by molar-refractivity contribution is 6.35. The number of carbonyl (C=O) groups excluding carboxylic acids is 2. The predicted molar refractivity (Wildman–Crippen MR) is 97.2 cm³/mol. The molecule has 0 spiro atoms. The van der Waals surface area contributed by atoms with Crippen LogP contribution in [0.4, 0.5) is 10.1 Å². The Balaban J connectivity index is 1.90. The van der Waals surface area contributed by atoms with Gasteiger partial charge in [-0.3, -0.25) is 4.79 Å². The number of benzene rings is 2. The zero-order valence-corrected chi connectivity index (χ0v) is 15.5. The van der Waals surface area contributed by atoms with Crippen LogP contribution in [0.15, 0.2) is 42.5 Å². The molecule has 0 heterocycles. The Labute approximate surface area is 160 Å². The number of carbonyl (C=O) groups is 2. The molecule has 0 bridgehead atoms. The van der Waals surface area contributed by atoms with Crippen LogP contribution >= 0.6 is 23.2 Å². The van der Waals surface area contributed by atoms with Crippen LogP contribution in [0.2, 0.25) is 10.0 Å². The number of anilines is 1.